The Balaban J connectivity index is 1.15. The van der Waals surface area contributed by atoms with Gasteiger partial charge in [-0.25, -0.2) is 14.6 Å². The zero-order valence-electron chi connectivity index (χ0n) is 26.7. The van der Waals surface area contributed by atoms with Gasteiger partial charge in [0.2, 0.25) is 5.91 Å². The molecule has 0 aliphatic heterocycles. The van der Waals surface area contributed by atoms with Gasteiger partial charge in [0.25, 0.3) is 5.88 Å². The molecule has 5 aromatic heterocycles. The summed E-state index contributed by atoms with van der Waals surface area (Å²) in [5.74, 6) is 2.41. The molecule has 234 valence electrons. The Morgan fingerprint density at radius 3 is 2.50 bits per heavy atom. The largest absolute Gasteiger partial charge is 0.478 e. The Morgan fingerprint density at radius 1 is 0.957 bits per heavy atom. The quantitative estimate of drug-likeness (QED) is 0.237. The number of aromatic nitrogens is 9. The first kappa shape index (κ1) is 27.3. The number of methoxy groups -OCH3 is 1. The van der Waals surface area contributed by atoms with Crippen LogP contribution in [0.15, 0.2) is 42.9 Å². The number of fused-ring (bicyclic) bond motifs is 2. The van der Waals surface area contributed by atoms with Crippen LogP contribution in [0, 0.1) is 5.92 Å². The second-order valence-corrected chi connectivity index (χ2v) is 13.4. The lowest BCUT2D eigenvalue weighted by atomic mass is 10.0. The van der Waals surface area contributed by atoms with E-state index < -0.39 is 0 Å². The van der Waals surface area contributed by atoms with E-state index in [4.69, 9.17) is 19.8 Å². The average Bonchev–Trinajstić information content (AvgIpc) is 4.00. The summed E-state index contributed by atoms with van der Waals surface area (Å²) in [6.07, 6.45) is 11.4. The first-order chi connectivity index (χ1) is 22.3. The molecule has 46 heavy (non-hydrogen) atoms. The number of imidazole rings is 1. The summed E-state index contributed by atoms with van der Waals surface area (Å²) in [4.78, 5) is 24.7. The van der Waals surface area contributed by atoms with Crippen molar-refractivity contribution in [3.05, 3.63) is 54.2 Å². The third-order valence-electron chi connectivity index (χ3n) is 9.73. The van der Waals surface area contributed by atoms with Crippen LogP contribution < -0.4 is 4.74 Å². The van der Waals surface area contributed by atoms with Crippen molar-refractivity contribution in [3.63, 3.8) is 0 Å². The lowest BCUT2D eigenvalue weighted by Crippen LogP contribution is -2.24. The SMILES string of the molecule is COc1nn(C2CC2C(=O)N(C)C)cc1-n1cc2c(-c3nc(-c4cc5cn(C)nc5nc4C4CC4)n(C)c3C3CC3)cccc2n1. The van der Waals surface area contributed by atoms with E-state index in [2.05, 4.69) is 40.0 Å². The van der Waals surface area contributed by atoms with Gasteiger partial charge in [0.1, 0.15) is 11.5 Å². The number of amides is 1. The molecule has 0 saturated heterocycles. The van der Waals surface area contributed by atoms with E-state index in [1.165, 1.54) is 5.69 Å². The van der Waals surface area contributed by atoms with Gasteiger partial charge in [-0.15, -0.1) is 5.10 Å². The van der Waals surface area contributed by atoms with Crippen LogP contribution in [0.1, 0.15) is 61.4 Å². The van der Waals surface area contributed by atoms with Crippen molar-refractivity contribution in [1.29, 1.82) is 0 Å². The molecule has 0 spiro atoms. The predicted octanol–water partition coefficient (Wildman–Crippen LogP) is 4.98. The smallest absolute Gasteiger partial charge is 0.258 e. The lowest BCUT2D eigenvalue weighted by molar-refractivity contribution is -0.130. The first-order valence-corrected chi connectivity index (χ1v) is 16.0. The molecule has 12 heteroatoms. The number of ether oxygens (including phenoxy) is 1. The number of nitrogens with zero attached hydrogens (tertiary/aromatic N) is 10. The van der Waals surface area contributed by atoms with Crippen LogP contribution in [0.25, 0.3) is 50.3 Å². The number of hydrogen-bond donors (Lipinski definition) is 0. The maximum atomic E-state index is 12.5. The van der Waals surface area contributed by atoms with Gasteiger partial charge in [-0.2, -0.15) is 10.2 Å². The van der Waals surface area contributed by atoms with Crippen molar-refractivity contribution in [2.45, 2.75) is 50.0 Å². The number of rotatable bonds is 8. The van der Waals surface area contributed by atoms with Gasteiger partial charge in [0.05, 0.1) is 42.2 Å². The number of benzene rings is 1. The van der Waals surface area contributed by atoms with Crippen molar-refractivity contribution in [1.82, 2.24) is 48.8 Å². The maximum Gasteiger partial charge on any atom is 0.258 e. The normalized spacial score (nSPS) is 19.3. The molecule has 2 unspecified atom stereocenters. The average molecular weight is 617 g/mol. The van der Waals surface area contributed by atoms with Crippen LogP contribution in [0.2, 0.25) is 0 Å². The Bertz CT molecular complexity index is 2190. The summed E-state index contributed by atoms with van der Waals surface area (Å²) in [6, 6.07) is 8.49. The Kier molecular flexibility index (Phi) is 5.79. The minimum absolute atomic E-state index is 0.0204. The number of carbonyl (C=O) groups excluding carboxylic acids is 1. The molecule has 6 aromatic rings. The van der Waals surface area contributed by atoms with E-state index in [9.17, 15) is 4.79 Å². The monoisotopic (exact) mass is 616 g/mol. The highest BCUT2D eigenvalue weighted by molar-refractivity contribution is 5.95. The summed E-state index contributed by atoms with van der Waals surface area (Å²) in [7, 11) is 9.30. The molecule has 3 fully saturated rings. The van der Waals surface area contributed by atoms with Gasteiger partial charge < -0.3 is 14.2 Å². The van der Waals surface area contributed by atoms with Crippen molar-refractivity contribution in [2.75, 3.05) is 21.2 Å². The summed E-state index contributed by atoms with van der Waals surface area (Å²) in [6.45, 7) is 0. The van der Waals surface area contributed by atoms with Gasteiger partial charge in [-0.1, -0.05) is 12.1 Å². The van der Waals surface area contributed by atoms with E-state index in [-0.39, 0.29) is 17.9 Å². The molecule has 9 rings (SSSR count). The van der Waals surface area contributed by atoms with Gasteiger partial charge in [0.15, 0.2) is 5.65 Å². The van der Waals surface area contributed by atoms with Crippen LogP contribution in [0.3, 0.4) is 0 Å². The molecule has 3 saturated carbocycles. The fourth-order valence-electron chi connectivity index (χ4n) is 6.99. The summed E-state index contributed by atoms with van der Waals surface area (Å²) >= 11 is 0. The van der Waals surface area contributed by atoms with Crippen LogP contribution in [-0.2, 0) is 18.9 Å². The summed E-state index contributed by atoms with van der Waals surface area (Å²) < 4.78 is 13.5. The van der Waals surface area contributed by atoms with Crippen molar-refractivity contribution >= 4 is 27.8 Å². The van der Waals surface area contributed by atoms with Crippen LogP contribution >= 0.6 is 0 Å². The minimum Gasteiger partial charge on any atom is -0.478 e. The van der Waals surface area contributed by atoms with Crippen LogP contribution in [0.4, 0.5) is 0 Å². The molecule has 1 aromatic carbocycles. The van der Waals surface area contributed by atoms with E-state index in [0.29, 0.717) is 17.7 Å². The van der Waals surface area contributed by atoms with Gasteiger partial charge in [0, 0.05) is 80.0 Å². The van der Waals surface area contributed by atoms with Crippen molar-refractivity contribution < 1.29 is 9.53 Å². The molecule has 1 amide bonds. The predicted molar refractivity (Wildman–Crippen MR) is 173 cm³/mol. The minimum atomic E-state index is -0.0653. The van der Waals surface area contributed by atoms with Crippen molar-refractivity contribution in [2.24, 2.45) is 20.0 Å². The van der Waals surface area contributed by atoms with Crippen molar-refractivity contribution in [3.8, 4) is 34.2 Å². The molecule has 3 aliphatic carbocycles. The Hall–Kier alpha value is -5.00. The third kappa shape index (κ3) is 4.26. The molecule has 5 heterocycles. The molecule has 12 nitrogen and oxygen atoms in total. The van der Waals surface area contributed by atoms with E-state index in [1.807, 2.05) is 45.7 Å². The highest BCUT2D eigenvalue weighted by Crippen LogP contribution is 2.49. The number of carbonyl (C=O) groups is 1. The topological polar surface area (TPSA) is 114 Å². The number of pyridine rings is 1. The molecule has 0 N–H and O–H groups in total. The molecule has 0 bridgehead atoms. The molecular formula is C34H36N10O2. The fraction of sp³-hybridized carbons (Fsp3) is 0.412. The maximum absolute atomic E-state index is 12.5. The van der Waals surface area contributed by atoms with Gasteiger partial charge >= 0.3 is 0 Å². The summed E-state index contributed by atoms with van der Waals surface area (Å²) in [5, 5.41) is 16.3. The zero-order valence-corrected chi connectivity index (χ0v) is 26.7. The second kappa shape index (κ2) is 9.75. The highest BCUT2D eigenvalue weighted by Gasteiger charge is 2.46. The van der Waals surface area contributed by atoms with Gasteiger partial charge in [-0.3, -0.25) is 14.2 Å². The molecule has 0 radical (unpaired) electrons. The third-order valence-corrected chi connectivity index (χ3v) is 9.73. The zero-order chi connectivity index (χ0) is 31.4. The summed E-state index contributed by atoms with van der Waals surface area (Å²) in [5.41, 5.74) is 7.93. The highest BCUT2D eigenvalue weighted by atomic mass is 16.5. The molecule has 3 aliphatic rings. The number of hydrogen-bond acceptors (Lipinski definition) is 7. The molecular weight excluding hydrogens is 580 g/mol. The number of aryl methyl sites for hydroxylation is 1. The Labute approximate surface area is 265 Å². The molecule has 2 atom stereocenters. The first-order valence-electron chi connectivity index (χ1n) is 16.0. The van der Waals surface area contributed by atoms with Gasteiger partial charge in [-0.05, 0) is 44.2 Å². The Morgan fingerprint density at radius 2 is 1.76 bits per heavy atom. The fourth-order valence-corrected chi connectivity index (χ4v) is 6.99. The standard InChI is InChI=1S/C34H36N10O2/c1-40(2)34(45)22-14-26(22)44-17-27(33(39-44)46-5)43-16-24-21(7-6-8-25(24)37-43)29-30(19-11-12-19)42(4)32(36-29)23-13-20-15-41(3)38-31(20)35-28(23)18-9-10-18/h6-8,13,15-19,22,26H,9-12,14H2,1-5H3. The van der Waals surface area contributed by atoms with E-state index in [0.717, 1.165) is 88.1 Å². The van der Waals surface area contributed by atoms with E-state index in [1.54, 1.807) is 26.1 Å². The lowest BCUT2D eigenvalue weighted by Gasteiger charge is -2.10. The second-order valence-electron chi connectivity index (χ2n) is 13.4. The van der Waals surface area contributed by atoms with E-state index >= 15 is 0 Å². The van der Waals surface area contributed by atoms with Crippen LogP contribution in [0.5, 0.6) is 5.88 Å². The van der Waals surface area contributed by atoms with Crippen LogP contribution in [-0.4, -0.2) is 75.9 Å².